The summed E-state index contributed by atoms with van der Waals surface area (Å²) in [4.78, 5) is 35.2. The van der Waals surface area contributed by atoms with Crippen molar-refractivity contribution in [3.63, 3.8) is 0 Å². The molecule has 408 valence electrons. The van der Waals surface area contributed by atoms with Crippen molar-refractivity contribution in [2.45, 2.75) is 283 Å². The van der Waals surface area contributed by atoms with Gasteiger partial charge in [-0.2, -0.15) is 0 Å². The molecule has 3 N–H and O–H groups in total. The number of carbonyl (C=O) groups is 2. The van der Waals surface area contributed by atoms with Crippen LogP contribution in [0.5, 0.6) is 0 Å². The topological polar surface area (TPSA) is 134 Å². The van der Waals surface area contributed by atoms with Crippen molar-refractivity contribution in [2.75, 3.05) is 26.4 Å². The number of unbranched alkanes of at least 4 members (excludes halogenated alkanes) is 32. The van der Waals surface area contributed by atoms with Crippen molar-refractivity contribution in [3.05, 3.63) is 60.8 Å². The fourth-order valence-electron chi connectivity index (χ4n) is 8.37. The predicted molar refractivity (Wildman–Crippen MR) is 298 cm³/mol. The number of nitrogens with two attached hydrogens (primary N) is 1. The van der Waals surface area contributed by atoms with Gasteiger partial charge in [0.1, 0.15) is 6.61 Å². The van der Waals surface area contributed by atoms with Crippen molar-refractivity contribution in [2.24, 2.45) is 5.73 Å². The maximum atomic E-state index is 12.7. The second-order valence-electron chi connectivity index (χ2n) is 19.5. The summed E-state index contributed by atoms with van der Waals surface area (Å²) < 4.78 is 33.0. The van der Waals surface area contributed by atoms with Crippen LogP contribution in [0.2, 0.25) is 0 Å². The fraction of sp³-hybridized carbons (Fsp3) is 0.800. The molecule has 9 nitrogen and oxygen atoms in total. The Kier molecular flexibility index (Phi) is 54.2. The van der Waals surface area contributed by atoms with Crippen LogP contribution in [0.4, 0.5) is 0 Å². The normalized spacial score (nSPS) is 13.5. The molecule has 0 spiro atoms. The van der Waals surface area contributed by atoms with E-state index in [2.05, 4.69) is 74.6 Å². The minimum atomic E-state index is -4.39. The van der Waals surface area contributed by atoms with Gasteiger partial charge in [0.25, 0.3) is 0 Å². The number of hydrogen-bond donors (Lipinski definition) is 2. The molecule has 0 rings (SSSR count). The van der Waals surface area contributed by atoms with E-state index in [1.54, 1.807) is 0 Å². The smallest absolute Gasteiger partial charge is 0.462 e. The van der Waals surface area contributed by atoms with E-state index in [1.807, 2.05) is 0 Å². The quantitative estimate of drug-likeness (QED) is 0.0264. The van der Waals surface area contributed by atoms with E-state index in [1.165, 1.54) is 173 Å². The molecule has 0 aromatic rings. The van der Waals surface area contributed by atoms with Gasteiger partial charge in [-0.05, 0) is 57.8 Å². The van der Waals surface area contributed by atoms with Gasteiger partial charge in [-0.15, -0.1) is 0 Å². The summed E-state index contributed by atoms with van der Waals surface area (Å²) in [6.07, 6.45) is 69.9. The average Bonchev–Trinajstić information content (AvgIpc) is 3.35. The Morgan fingerprint density at radius 1 is 0.443 bits per heavy atom. The third-order valence-corrected chi connectivity index (χ3v) is 13.7. The summed E-state index contributed by atoms with van der Waals surface area (Å²) in [5.41, 5.74) is 5.38. The Labute approximate surface area is 431 Å². The van der Waals surface area contributed by atoms with Crippen LogP contribution < -0.4 is 5.73 Å². The molecule has 0 aliphatic carbocycles. The lowest BCUT2D eigenvalue weighted by molar-refractivity contribution is -0.161. The lowest BCUT2D eigenvalue weighted by Gasteiger charge is -2.19. The van der Waals surface area contributed by atoms with E-state index < -0.39 is 26.5 Å². The van der Waals surface area contributed by atoms with Crippen LogP contribution in [-0.2, 0) is 32.7 Å². The van der Waals surface area contributed by atoms with Crippen LogP contribution in [0, 0.1) is 0 Å². The van der Waals surface area contributed by atoms with Gasteiger partial charge in [0, 0.05) is 19.4 Å². The molecular weight excluding hydrogens is 894 g/mol. The largest absolute Gasteiger partial charge is 0.472 e. The number of phosphoric ester groups is 1. The summed E-state index contributed by atoms with van der Waals surface area (Å²) in [6, 6.07) is 0. The summed E-state index contributed by atoms with van der Waals surface area (Å²) >= 11 is 0. The Bertz CT molecular complexity index is 1330. The fourth-order valence-corrected chi connectivity index (χ4v) is 9.14. The highest BCUT2D eigenvalue weighted by Gasteiger charge is 2.26. The number of esters is 2. The molecule has 2 atom stereocenters. The first-order valence-corrected chi connectivity index (χ1v) is 30.8. The molecule has 0 fully saturated rings. The second kappa shape index (κ2) is 56.0. The van der Waals surface area contributed by atoms with E-state index in [0.29, 0.717) is 6.42 Å². The van der Waals surface area contributed by atoms with Gasteiger partial charge in [-0.1, -0.05) is 267 Å². The zero-order valence-corrected chi connectivity index (χ0v) is 46.4. The molecule has 0 aliphatic heterocycles. The van der Waals surface area contributed by atoms with E-state index in [0.717, 1.165) is 70.6 Å². The van der Waals surface area contributed by atoms with Crippen LogP contribution in [0.1, 0.15) is 277 Å². The minimum Gasteiger partial charge on any atom is -0.462 e. The summed E-state index contributed by atoms with van der Waals surface area (Å²) in [7, 11) is -4.39. The number of carbonyl (C=O) groups excluding carboxylic acids is 2. The Morgan fingerprint density at radius 3 is 1.17 bits per heavy atom. The Morgan fingerprint density at radius 2 is 0.786 bits per heavy atom. The van der Waals surface area contributed by atoms with Crippen LogP contribution in [0.15, 0.2) is 60.8 Å². The lowest BCUT2D eigenvalue weighted by Crippen LogP contribution is -2.29. The third kappa shape index (κ3) is 55.0. The minimum absolute atomic E-state index is 0.0539. The van der Waals surface area contributed by atoms with Gasteiger partial charge in [-0.3, -0.25) is 18.6 Å². The van der Waals surface area contributed by atoms with Gasteiger partial charge in [-0.25, -0.2) is 4.57 Å². The number of hydrogen-bond acceptors (Lipinski definition) is 8. The maximum absolute atomic E-state index is 12.7. The highest BCUT2D eigenvalue weighted by molar-refractivity contribution is 7.47. The average molecular weight is 1000 g/mol. The molecule has 10 heteroatoms. The van der Waals surface area contributed by atoms with Gasteiger partial charge >= 0.3 is 19.8 Å². The first kappa shape index (κ1) is 67.7. The Hall–Kier alpha value is -2.29. The molecule has 0 saturated heterocycles. The number of allylic oxidation sites excluding steroid dienone is 10. The molecule has 0 aromatic carbocycles. The SMILES string of the molecule is CC/C=C\C/C=C\C/C=C\C/C=C\C/C=C\CCCCCCCCCCCCCCCCCC(=O)OC(COC(=O)CCCCCCCCCCCCCCCCCCCC)COP(=O)(O)OCCN. The summed E-state index contributed by atoms with van der Waals surface area (Å²) in [5.74, 6) is -0.816. The zero-order valence-electron chi connectivity index (χ0n) is 45.5. The highest BCUT2D eigenvalue weighted by atomic mass is 31.2. The van der Waals surface area contributed by atoms with E-state index in [-0.39, 0.29) is 38.6 Å². The zero-order chi connectivity index (χ0) is 51.0. The predicted octanol–water partition coefficient (Wildman–Crippen LogP) is 18.3. The van der Waals surface area contributed by atoms with Crippen LogP contribution in [0.3, 0.4) is 0 Å². The van der Waals surface area contributed by atoms with Crippen molar-refractivity contribution >= 4 is 19.8 Å². The van der Waals surface area contributed by atoms with E-state index >= 15 is 0 Å². The molecule has 0 saturated carbocycles. The van der Waals surface area contributed by atoms with Gasteiger partial charge in [0.05, 0.1) is 13.2 Å². The van der Waals surface area contributed by atoms with Crippen molar-refractivity contribution in [1.82, 2.24) is 0 Å². The third-order valence-electron chi connectivity index (χ3n) is 12.7. The molecule has 70 heavy (non-hydrogen) atoms. The molecule has 0 bridgehead atoms. The summed E-state index contributed by atoms with van der Waals surface area (Å²) in [5, 5.41) is 0. The van der Waals surface area contributed by atoms with Gasteiger partial charge in [0.2, 0.25) is 0 Å². The molecule has 2 unspecified atom stereocenters. The molecule has 0 aliphatic rings. The monoisotopic (exact) mass is 1000 g/mol. The molecule has 0 radical (unpaired) electrons. The molecule has 0 aromatic heterocycles. The number of phosphoric acid groups is 1. The number of ether oxygens (including phenoxy) is 2. The van der Waals surface area contributed by atoms with Crippen LogP contribution in [-0.4, -0.2) is 49.3 Å². The van der Waals surface area contributed by atoms with Crippen LogP contribution in [0.25, 0.3) is 0 Å². The molecule has 0 heterocycles. The van der Waals surface area contributed by atoms with Crippen molar-refractivity contribution in [3.8, 4) is 0 Å². The van der Waals surface area contributed by atoms with Crippen LogP contribution >= 0.6 is 7.82 Å². The lowest BCUT2D eigenvalue weighted by atomic mass is 10.0. The number of rotatable bonds is 55. The Balaban J connectivity index is 3.92. The first-order valence-electron chi connectivity index (χ1n) is 29.3. The van der Waals surface area contributed by atoms with E-state index in [4.69, 9.17) is 24.3 Å². The van der Waals surface area contributed by atoms with Gasteiger partial charge in [0.15, 0.2) is 6.10 Å². The molecule has 0 amide bonds. The summed E-state index contributed by atoms with van der Waals surface area (Å²) in [6.45, 7) is 3.67. The van der Waals surface area contributed by atoms with Gasteiger partial charge < -0.3 is 20.1 Å². The standard InChI is InChI=1S/C60H110NO8P/c1-3-5-7-9-11-13-15-17-19-21-23-24-25-26-27-28-29-30-31-32-33-34-35-37-39-41-43-45-47-49-51-53-60(63)69-58(57-68-70(64,65)67-55-54-61)56-66-59(62)52-50-48-46-44-42-40-38-36-22-20-18-16-14-12-10-8-6-4-2/h5,7,11,13,17,19,23-24,26-27,58H,3-4,6,8-10,12,14-16,18,20-22,25,28-57,61H2,1-2H3,(H,64,65)/b7-5-,13-11-,19-17-,24-23-,27-26-. The van der Waals surface area contributed by atoms with Crippen molar-refractivity contribution < 1.29 is 37.6 Å². The highest BCUT2D eigenvalue weighted by Crippen LogP contribution is 2.43. The second-order valence-corrected chi connectivity index (χ2v) is 20.9. The van der Waals surface area contributed by atoms with Crippen molar-refractivity contribution in [1.29, 1.82) is 0 Å². The first-order chi connectivity index (χ1) is 34.3. The van der Waals surface area contributed by atoms with E-state index in [9.17, 15) is 19.0 Å². The maximum Gasteiger partial charge on any atom is 0.472 e. The molecular formula is C60H110NO8P.